The molecule has 2 aliphatic heterocycles. The molecule has 8 heteroatoms. The van der Waals surface area contributed by atoms with Crippen molar-refractivity contribution in [2.24, 2.45) is 0 Å². The molecule has 1 saturated heterocycles. The van der Waals surface area contributed by atoms with Crippen LogP contribution in [0.15, 0.2) is 59.8 Å². The summed E-state index contributed by atoms with van der Waals surface area (Å²) in [5.41, 5.74) is 4.25. The van der Waals surface area contributed by atoms with Crippen molar-refractivity contribution in [3.05, 3.63) is 70.9 Å². The Morgan fingerprint density at radius 2 is 1.71 bits per heavy atom. The molecule has 2 N–H and O–H groups in total. The molecule has 2 aromatic carbocycles. The molecular weight excluding hydrogens is 432 g/mol. The molecule has 2 amide bonds. The van der Waals surface area contributed by atoms with Gasteiger partial charge in [-0.3, -0.25) is 4.90 Å². The van der Waals surface area contributed by atoms with Crippen molar-refractivity contribution in [2.75, 3.05) is 51.3 Å². The maximum atomic E-state index is 12.8. The summed E-state index contributed by atoms with van der Waals surface area (Å²) < 4.78 is 10.6. The molecule has 8 nitrogen and oxygen atoms in total. The van der Waals surface area contributed by atoms with Gasteiger partial charge < -0.3 is 25.0 Å². The van der Waals surface area contributed by atoms with Crippen LogP contribution in [0.2, 0.25) is 0 Å². The number of piperazine rings is 1. The number of carbonyl (C=O) groups excluding carboxylic acids is 2. The van der Waals surface area contributed by atoms with Gasteiger partial charge in [-0.15, -0.1) is 0 Å². The highest BCUT2D eigenvalue weighted by Gasteiger charge is 2.34. The minimum atomic E-state index is -0.597. The predicted octanol–water partition coefficient (Wildman–Crippen LogP) is 3.00. The number of nitrogens with zero attached hydrogens (tertiary/aromatic N) is 2. The van der Waals surface area contributed by atoms with Crippen LogP contribution in [0.1, 0.15) is 24.1 Å². The van der Waals surface area contributed by atoms with Crippen molar-refractivity contribution < 1.29 is 19.1 Å². The van der Waals surface area contributed by atoms with Crippen LogP contribution in [0.4, 0.5) is 10.5 Å². The van der Waals surface area contributed by atoms with Crippen LogP contribution < -0.4 is 20.3 Å². The maximum Gasteiger partial charge on any atom is 0.338 e. The Balaban J connectivity index is 1.52. The molecule has 0 aromatic heterocycles. The van der Waals surface area contributed by atoms with Crippen LogP contribution in [0.3, 0.4) is 0 Å². The van der Waals surface area contributed by atoms with Gasteiger partial charge in [0.15, 0.2) is 0 Å². The van der Waals surface area contributed by atoms with Gasteiger partial charge in [-0.05, 0) is 43.7 Å². The molecule has 0 spiro atoms. The Kier molecular flexibility index (Phi) is 7.37. The lowest BCUT2D eigenvalue weighted by Crippen LogP contribution is -2.51. The number of anilines is 1. The van der Waals surface area contributed by atoms with Crippen LogP contribution in [-0.2, 0) is 9.53 Å². The fourth-order valence-electron chi connectivity index (χ4n) is 4.41. The summed E-state index contributed by atoms with van der Waals surface area (Å²) in [6.07, 6.45) is 0. The van der Waals surface area contributed by atoms with Crippen LogP contribution in [0.25, 0.3) is 0 Å². The maximum absolute atomic E-state index is 12.8. The number of rotatable bonds is 7. The molecule has 2 aromatic rings. The second-order valence-corrected chi connectivity index (χ2v) is 8.52. The SMILES string of the molecule is CCOc1ccc([C@@H]2NC(=O)NC(CN3CCN(c4ccc(C)cc4)CC3)=C2C(=O)OC)cc1. The largest absolute Gasteiger partial charge is 0.494 e. The number of urea groups is 1. The Hall–Kier alpha value is -3.52. The molecule has 180 valence electrons. The first kappa shape index (κ1) is 23.6. The number of hydrogen-bond donors (Lipinski definition) is 2. The highest BCUT2D eigenvalue weighted by atomic mass is 16.5. The van der Waals surface area contributed by atoms with E-state index in [0.29, 0.717) is 24.4 Å². The van der Waals surface area contributed by atoms with Gasteiger partial charge in [0.1, 0.15) is 5.75 Å². The Labute approximate surface area is 200 Å². The second-order valence-electron chi connectivity index (χ2n) is 8.52. The van der Waals surface area contributed by atoms with Gasteiger partial charge in [-0.1, -0.05) is 29.8 Å². The molecule has 1 atom stereocenters. The molecule has 0 aliphatic carbocycles. The van der Waals surface area contributed by atoms with Gasteiger partial charge in [0.05, 0.1) is 25.3 Å². The van der Waals surface area contributed by atoms with Crippen molar-refractivity contribution in [1.29, 1.82) is 0 Å². The minimum absolute atomic E-state index is 0.333. The molecule has 0 unspecified atom stereocenters. The van der Waals surface area contributed by atoms with Crippen LogP contribution in [0.5, 0.6) is 5.75 Å². The van der Waals surface area contributed by atoms with Gasteiger partial charge in [-0.2, -0.15) is 0 Å². The fraction of sp³-hybridized carbons (Fsp3) is 0.385. The number of hydrogen-bond acceptors (Lipinski definition) is 6. The van der Waals surface area contributed by atoms with E-state index in [9.17, 15) is 9.59 Å². The van der Waals surface area contributed by atoms with E-state index in [4.69, 9.17) is 9.47 Å². The predicted molar refractivity (Wildman–Crippen MR) is 131 cm³/mol. The van der Waals surface area contributed by atoms with Gasteiger partial charge in [-0.25, -0.2) is 9.59 Å². The van der Waals surface area contributed by atoms with Gasteiger partial charge in [0.25, 0.3) is 0 Å². The summed E-state index contributed by atoms with van der Waals surface area (Å²) in [5.74, 6) is 0.279. The molecule has 0 saturated carbocycles. The second kappa shape index (κ2) is 10.6. The lowest BCUT2D eigenvalue weighted by atomic mass is 9.95. The molecule has 34 heavy (non-hydrogen) atoms. The third-order valence-corrected chi connectivity index (χ3v) is 6.24. The third kappa shape index (κ3) is 5.34. The van der Waals surface area contributed by atoms with Crippen molar-refractivity contribution >= 4 is 17.7 Å². The first-order chi connectivity index (χ1) is 16.5. The summed E-state index contributed by atoms with van der Waals surface area (Å²) in [5, 5.41) is 5.73. The summed E-state index contributed by atoms with van der Waals surface area (Å²) in [4.78, 5) is 30.0. The molecule has 2 aliphatic rings. The highest BCUT2D eigenvalue weighted by Crippen LogP contribution is 2.29. The summed E-state index contributed by atoms with van der Waals surface area (Å²) >= 11 is 0. The highest BCUT2D eigenvalue weighted by molar-refractivity contribution is 5.95. The molecule has 1 fully saturated rings. The van der Waals surface area contributed by atoms with Crippen molar-refractivity contribution in [2.45, 2.75) is 19.9 Å². The Morgan fingerprint density at radius 3 is 2.32 bits per heavy atom. The third-order valence-electron chi connectivity index (χ3n) is 6.24. The van der Waals surface area contributed by atoms with Gasteiger partial charge in [0, 0.05) is 44.1 Å². The number of methoxy groups -OCH3 is 1. The topological polar surface area (TPSA) is 83.1 Å². The summed E-state index contributed by atoms with van der Waals surface area (Å²) in [7, 11) is 1.36. The Bertz CT molecular complexity index is 1040. The lowest BCUT2D eigenvalue weighted by molar-refractivity contribution is -0.136. The molecule has 2 heterocycles. The first-order valence-electron chi connectivity index (χ1n) is 11.6. The molecule has 0 bridgehead atoms. The number of aryl methyl sites for hydroxylation is 1. The minimum Gasteiger partial charge on any atom is -0.494 e. The number of benzene rings is 2. The van der Waals surface area contributed by atoms with E-state index in [2.05, 4.69) is 51.6 Å². The van der Waals surface area contributed by atoms with E-state index in [1.807, 2.05) is 31.2 Å². The summed E-state index contributed by atoms with van der Waals surface area (Å²) in [6.45, 7) is 8.43. The van der Waals surface area contributed by atoms with E-state index in [-0.39, 0.29) is 6.03 Å². The van der Waals surface area contributed by atoms with Crippen molar-refractivity contribution in [3.63, 3.8) is 0 Å². The normalized spacial score (nSPS) is 18.9. The lowest BCUT2D eigenvalue weighted by Gasteiger charge is -2.38. The molecule has 4 rings (SSSR count). The average Bonchev–Trinajstić information content (AvgIpc) is 2.85. The molecule has 0 radical (unpaired) electrons. The van der Waals surface area contributed by atoms with E-state index in [1.54, 1.807) is 0 Å². The van der Waals surface area contributed by atoms with E-state index >= 15 is 0 Å². The van der Waals surface area contributed by atoms with Crippen LogP contribution >= 0.6 is 0 Å². The zero-order chi connectivity index (χ0) is 24.1. The van der Waals surface area contributed by atoms with E-state index < -0.39 is 12.0 Å². The fourth-order valence-corrected chi connectivity index (χ4v) is 4.41. The van der Waals surface area contributed by atoms with E-state index in [1.165, 1.54) is 18.4 Å². The number of nitrogens with one attached hydrogen (secondary N) is 2. The number of ether oxygens (including phenoxy) is 2. The zero-order valence-electron chi connectivity index (χ0n) is 20.0. The molecular formula is C26H32N4O4. The van der Waals surface area contributed by atoms with Crippen LogP contribution in [-0.4, -0.2) is 63.3 Å². The first-order valence-corrected chi connectivity index (χ1v) is 11.6. The monoisotopic (exact) mass is 464 g/mol. The van der Waals surface area contributed by atoms with Crippen molar-refractivity contribution in [3.8, 4) is 5.75 Å². The van der Waals surface area contributed by atoms with Gasteiger partial charge in [0.2, 0.25) is 0 Å². The number of amides is 2. The standard InChI is InChI=1S/C26H32N4O4/c1-4-34-21-11-7-19(8-12-21)24-23(25(31)33-3)22(27-26(32)28-24)17-29-13-15-30(16-14-29)20-9-5-18(2)6-10-20/h5-12,24H,4,13-17H2,1-3H3,(H2,27,28,32)/t24-/m0/s1. The zero-order valence-corrected chi connectivity index (χ0v) is 20.0. The number of esters is 1. The number of carbonyl (C=O) groups is 2. The summed E-state index contributed by atoms with van der Waals surface area (Å²) in [6, 6.07) is 15.0. The average molecular weight is 465 g/mol. The van der Waals surface area contributed by atoms with Crippen LogP contribution in [0, 0.1) is 6.92 Å². The van der Waals surface area contributed by atoms with Crippen molar-refractivity contribution in [1.82, 2.24) is 15.5 Å². The van der Waals surface area contributed by atoms with E-state index in [0.717, 1.165) is 37.5 Å². The Morgan fingerprint density at radius 1 is 1.03 bits per heavy atom. The smallest absolute Gasteiger partial charge is 0.338 e. The van der Waals surface area contributed by atoms with Gasteiger partial charge >= 0.3 is 12.0 Å². The quantitative estimate of drug-likeness (QED) is 0.613.